The smallest absolute Gasteiger partial charge is 0.294 e. The van der Waals surface area contributed by atoms with Gasteiger partial charge in [0.15, 0.2) is 22.8 Å². The van der Waals surface area contributed by atoms with Crippen molar-refractivity contribution >= 4 is 82.3 Å². The number of imidazole rings is 2. The molecule has 21 heteroatoms. The minimum atomic E-state index is -0.935. The lowest BCUT2D eigenvalue weighted by molar-refractivity contribution is 0.237. The van der Waals surface area contributed by atoms with Gasteiger partial charge in [-0.15, -0.1) is 32.9 Å². The molecule has 2 aromatic carbocycles. The van der Waals surface area contributed by atoms with E-state index in [2.05, 4.69) is 15.6 Å². The highest BCUT2D eigenvalue weighted by Crippen LogP contribution is 2.49. The van der Waals surface area contributed by atoms with Crippen LogP contribution in [0.4, 0.5) is 5.13 Å². The monoisotopic (exact) mass is 937 g/mol. The van der Waals surface area contributed by atoms with Crippen LogP contribution in [0.3, 0.4) is 0 Å². The summed E-state index contributed by atoms with van der Waals surface area (Å²) >= 11 is 5.71. The SMILES string of the molecule is COc1cc(OC(c2nc(N)sc2C)c2c(OC)cc(OCc3csc(C4CCCCC4)n3)c3cc(-c4cn5nc(OC)sc5n4)oc23)c2cc(-c3cn4nc(OC)sc4n3)oc2c1. The van der Waals surface area contributed by atoms with Gasteiger partial charge in [0.05, 0.1) is 67.9 Å². The number of fused-ring (bicyclic) bond motifs is 4. The van der Waals surface area contributed by atoms with Crippen LogP contribution in [0.1, 0.15) is 71.0 Å². The summed E-state index contributed by atoms with van der Waals surface area (Å²) < 4.78 is 53.1. The molecule has 1 unspecified atom stereocenters. The summed E-state index contributed by atoms with van der Waals surface area (Å²) in [6.07, 6.45) is 8.76. The summed E-state index contributed by atoms with van der Waals surface area (Å²) in [5, 5.41) is 14.9. The van der Waals surface area contributed by atoms with E-state index in [9.17, 15) is 0 Å². The lowest BCUT2D eigenvalue weighted by Gasteiger charge is -2.23. The van der Waals surface area contributed by atoms with Crippen molar-refractivity contribution in [2.45, 2.75) is 57.7 Å². The predicted molar refractivity (Wildman–Crippen MR) is 244 cm³/mol. The number of hydrogen-bond acceptors (Lipinski definition) is 19. The van der Waals surface area contributed by atoms with Crippen LogP contribution in [0.2, 0.25) is 0 Å². The largest absolute Gasteiger partial charge is 0.496 e. The van der Waals surface area contributed by atoms with Gasteiger partial charge < -0.3 is 43.0 Å². The first-order valence-electron chi connectivity index (χ1n) is 20.3. The Labute approximate surface area is 379 Å². The molecule has 1 saturated carbocycles. The molecule has 0 spiro atoms. The number of nitrogens with zero attached hydrogens (tertiary/aromatic N) is 8. The zero-order valence-corrected chi connectivity index (χ0v) is 38.3. The van der Waals surface area contributed by atoms with E-state index in [0.717, 1.165) is 10.6 Å². The molecule has 8 heterocycles. The first-order chi connectivity index (χ1) is 31.2. The van der Waals surface area contributed by atoms with Crippen molar-refractivity contribution in [2.75, 3.05) is 34.2 Å². The molecule has 328 valence electrons. The van der Waals surface area contributed by atoms with Crippen LogP contribution in [0.25, 0.3) is 54.8 Å². The predicted octanol–water partition coefficient (Wildman–Crippen LogP) is 10.4. The van der Waals surface area contributed by atoms with E-state index in [4.69, 9.17) is 62.9 Å². The molecule has 11 rings (SSSR count). The fourth-order valence-electron chi connectivity index (χ4n) is 8.14. The first-order valence-corrected chi connectivity index (χ1v) is 23.6. The molecule has 1 aliphatic rings. The van der Waals surface area contributed by atoms with Crippen LogP contribution in [0, 0.1) is 6.92 Å². The summed E-state index contributed by atoms with van der Waals surface area (Å²) in [4.78, 5) is 21.6. The fraction of sp³-hybridized carbons (Fsp3) is 0.302. The number of anilines is 1. The number of furan rings is 2. The zero-order chi connectivity index (χ0) is 43.6. The van der Waals surface area contributed by atoms with Crippen molar-refractivity contribution in [2.24, 2.45) is 0 Å². The summed E-state index contributed by atoms with van der Waals surface area (Å²) in [5.74, 6) is 3.39. The number of ether oxygens (including phenoxy) is 6. The Morgan fingerprint density at radius 3 is 2.09 bits per heavy atom. The average Bonchev–Trinajstić information content (AvgIpc) is 4.16. The second kappa shape index (κ2) is 16.3. The van der Waals surface area contributed by atoms with Gasteiger partial charge in [0.1, 0.15) is 57.9 Å². The van der Waals surface area contributed by atoms with Crippen LogP contribution in [0.15, 0.2) is 56.9 Å². The Balaban J connectivity index is 1.05. The van der Waals surface area contributed by atoms with E-state index >= 15 is 0 Å². The molecule has 1 fully saturated rings. The molecule has 1 aliphatic carbocycles. The molecule has 10 aromatic rings. The Morgan fingerprint density at radius 2 is 1.45 bits per heavy atom. The van der Waals surface area contributed by atoms with Crippen LogP contribution >= 0.6 is 45.3 Å². The number of rotatable bonds is 14. The molecule has 0 amide bonds. The number of nitrogens with two attached hydrogens (primary N) is 1. The van der Waals surface area contributed by atoms with Gasteiger partial charge in [-0.05, 0) is 54.6 Å². The van der Waals surface area contributed by atoms with Crippen molar-refractivity contribution in [1.82, 2.24) is 39.2 Å². The van der Waals surface area contributed by atoms with Crippen molar-refractivity contribution < 1.29 is 37.3 Å². The van der Waals surface area contributed by atoms with Gasteiger partial charge in [-0.2, -0.15) is 0 Å². The highest BCUT2D eigenvalue weighted by molar-refractivity contribution is 7.18. The Bertz CT molecular complexity index is 3270. The van der Waals surface area contributed by atoms with Gasteiger partial charge in [-0.3, -0.25) is 0 Å². The van der Waals surface area contributed by atoms with Gasteiger partial charge in [-0.25, -0.2) is 29.0 Å². The number of thiazole rings is 2. The van der Waals surface area contributed by atoms with E-state index in [1.165, 1.54) is 71.1 Å². The van der Waals surface area contributed by atoms with Gasteiger partial charge in [0.2, 0.25) is 9.92 Å². The molecule has 0 saturated heterocycles. The second-order valence-corrected chi connectivity index (χ2v) is 19.1. The third-order valence-corrected chi connectivity index (χ3v) is 14.8. The average molecular weight is 938 g/mol. The Kier molecular flexibility index (Phi) is 10.3. The fourth-order valence-corrected chi connectivity index (χ4v) is 11.2. The maximum absolute atomic E-state index is 7.18. The molecular formula is C43H39N9O8S4. The summed E-state index contributed by atoms with van der Waals surface area (Å²) in [6, 6.07) is 9.26. The zero-order valence-electron chi connectivity index (χ0n) is 35.1. The van der Waals surface area contributed by atoms with Crippen LogP contribution in [0.5, 0.6) is 33.4 Å². The van der Waals surface area contributed by atoms with E-state index in [1.54, 1.807) is 73.3 Å². The second-order valence-electron chi connectivity index (χ2n) is 15.1. The highest BCUT2D eigenvalue weighted by atomic mass is 32.1. The third kappa shape index (κ3) is 7.21. The van der Waals surface area contributed by atoms with Crippen molar-refractivity contribution in [1.29, 1.82) is 0 Å². The van der Waals surface area contributed by atoms with Crippen molar-refractivity contribution in [3.05, 3.63) is 74.9 Å². The molecule has 2 N–H and O–H groups in total. The molecular weight excluding hydrogens is 899 g/mol. The van der Waals surface area contributed by atoms with E-state index in [-0.39, 0.29) is 6.61 Å². The lowest BCUT2D eigenvalue weighted by atomic mass is 9.90. The van der Waals surface area contributed by atoms with Crippen LogP contribution in [-0.2, 0) is 6.61 Å². The Hall–Kier alpha value is -6.42. The number of aromatic nitrogens is 8. The van der Waals surface area contributed by atoms with Crippen molar-refractivity contribution in [3.8, 4) is 56.3 Å². The van der Waals surface area contributed by atoms with Crippen molar-refractivity contribution in [3.63, 3.8) is 0 Å². The highest BCUT2D eigenvalue weighted by Gasteiger charge is 2.33. The van der Waals surface area contributed by atoms with Crippen LogP contribution < -0.4 is 34.2 Å². The number of methoxy groups -OCH3 is 4. The Morgan fingerprint density at radius 1 is 0.750 bits per heavy atom. The number of hydrogen-bond donors (Lipinski definition) is 1. The van der Waals surface area contributed by atoms with Gasteiger partial charge in [0, 0.05) is 34.4 Å². The molecule has 1 atom stereocenters. The first kappa shape index (κ1) is 40.4. The standard InChI is InChI=1S/C43H39N9O8S4/c1-20-35(48-39(44)62-20)37(59-30-12-23(53-2)11-29-24(30)13-31(58-29)26-16-51-40(46-26)63-42(49-51)55-4)34-33(54-3)15-28(57-18-22-19-61-38(45-22)21-9-7-6-8-10-21)25-14-32(60-36(25)34)27-17-52-41(47-27)64-43(50-52)56-5/h11-17,19,21,37H,6-10,18H2,1-5H3,(H2,44,48). The number of benzene rings is 2. The van der Waals surface area contributed by atoms with Crippen LogP contribution in [-0.4, -0.2) is 67.6 Å². The molecule has 17 nitrogen and oxygen atoms in total. The van der Waals surface area contributed by atoms with E-state index < -0.39 is 6.10 Å². The van der Waals surface area contributed by atoms with E-state index in [0.29, 0.717) is 110 Å². The molecule has 0 bridgehead atoms. The quantitative estimate of drug-likeness (QED) is 0.108. The number of nitrogen functional groups attached to an aromatic ring is 1. The minimum absolute atomic E-state index is 0.246. The molecule has 64 heavy (non-hydrogen) atoms. The minimum Gasteiger partial charge on any atom is -0.496 e. The van der Waals surface area contributed by atoms with Gasteiger partial charge in [-0.1, -0.05) is 19.3 Å². The maximum atomic E-state index is 7.18. The summed E-state index contributed by atoms with van der Waals surface area (Å²) in [6.45, 7) is 2.20. The summed E-state index contributed by atoms with van der Waals surface area (Å²) in [5.41, 5.74) is 10.5. The molecule has 8 aromatic heterocycles. The number of aryl methyl sites for hydroxylation is 1. The molecule has 0 aliphatic heterocycles. The normalized spacial score (nSPS) is 14.0. The summed E-state index contributed by atoms with van der Waals surface area (Å²) in [7, 11) is 6.34. The third-order valence-electron chi connectivity index (χ3n) is 11.2. The van der Waals surface area contributed by atoms with E-state index in [1.807, 2.05) is 25.1 Å². The lowest BCUT2D eigenvalue weighted by Crippen LogP contribution is -2.14. The van der Waals surface area contributed by atoms with Gasteiger partial charge >= 0.3 is 0 Å². The topological polar surface area (TPSA) is 194 Å². The maximum Gasteiger partial charge on any atom is 0.294 e. The van der Waals surface area contributed by atoms with Gasteiger partial charge in [0.25, 0.3) is 10.4 Å². The molecule has 0 radical (unpaired) electrons.